The van der Waals surface area contributed by atoms with Crippen LogP contribution >= 0.6 is 0 Å². The molecule has 1 unspecified atom stereocenters. The van der Waals surface area contributed by atoms with Crippen molar-refractivity contribution in [2.45, 2.75) is 33.2 Å². The zero-order chi connectivity index (χ0) is 12.0. The summed E-state index contributed by atoms with van der Waals surface area (Å²) in [6.07, 6.45) is 0.841. The Hall–Kier alpha value is -1.46. The third-order valence-corrected chi connectivity index (χ3v) is 2.53. The van der Waals surface area contributed by atoms with Gasteiger partial charge >= 0.3 is 0 Å². The Labute approximate surface area is 97.7 Å². The van der Waals surface area contributed by atoms with Crippen LogP contribution in [0.3, 0.4) is 0 Å². The molecule has 1 atom stereocenters. The standard InChI is InChI=1S/C14H19NO/c1-4-5-6-9-15-12(3)13-10-11(2)7-8-14(13)16/h7-8,10,12,15-16H,6,9H2,1-3H3. The lowest BCUT2D eigenvalue weighted by Crippen LogP contribution is -2.19. The number of nitrogens with one attached hydrogen (secondary N) is 1. The molecule has 0 saturated heterocycles. The van der Waals surface area contributed by atoms with Gasteiger partial charge in [-0.15, -0.1) is 11.8 Å². The van der Waals surface area contributed by atoms with Crippen LogP contribution in [0.25, 0.3) is 0 Å². The molecule has 2 nitrogen and oxygen atoms in total. The molecule has 1 rings (SSSR count). The molecule has 0 amide bonds. The second kappa shape index (κ2) is 6.19. The summed E-state index contributed by atoms with van der Waals surface area (Å²) in [4.78, 5) is 0. The molecule has 0 aliphatic carbocycles. The van der Waals surface area contributed by atoms with Gasteiger partial charge in [-0.2, -0.15) is 0 Å². The third-order valence-electron chi connectivity index (χ3n) is 2.53. The average molecular weight is 217 g/mol. The second-order valence-corrected chi connectivity index (χ2v) is 3.91. The molecule has 0 aliphatic heterocycles. The van der Waals surface area contributed by atoms with Gasteiger partial charge in [-0.3, -0.25) is 0 Å². The van der Waals surface area contributed by atoms with Crippen molar-refractivity contribution in [3.8, 4) is 17.6 Å². The van der Waals surface area contributed by atoms with Crippen LogP contribution in [-0.2, 0) is 0 Å². The maximum Gasteiger partial charge on any atom is 0.120 e. The van der Waals surface area contributed by atoms with Crippen molar-refractivity contribution in [1.82, 2.24) is 5.32 Å². The Morgan fingerprint density at radius 3 is 2.88 bits per heavy atom. The van der Waals surface area contributed by atoms with Crippen LogP contribution < -0.4 is 5.32 Å². The predicted octanol–water partition coefficient (Wildman–Crippen LogP) is 2.76. The first-order valence-electron chi connectivity index (χ1n) is 5.57. The van der Waals surface area contributed by atoms with E-state index >= 15 is 0 Å². The molecular weight excluding hydrogens is 198 g/mol. The highest BCUT2D eigenvalue weighted by molar-refractivity contribution is 5.37. The van der Waals surface area contributed by atoms with Crippen molar-refractivity contribution >= 4 is 0 Å². The number of hydrogen-bond donors (Lipinski definition) is 2. The summed E-state index contributed by atoms with van der Waals surface area (Å²) in [7, 11) is 0. The first kappa shape index (κ1) is 12.6. The molecule has 2 heteroatoms. The largest absolute Gasteiger partial charge is 0.508 e. The maximum absolute atomic E-state index is 9.74. The highest BCUT2D eigenvalue weighted by Crippen LogP contribution is 2.24. The third kappa shape index (κ3) is 3.60. The smallest absolute Gasteiger partial charge is 0.120 e. The van der Waals surface area contributed by atoms with Crippen molar-refractivity contribution in [3.63, 3.8) is 0 Å². The van der Waals surface area contributed by atoms with Gasteiger partial charge in [-0.1, -0.05) is 17.7 Å². The van der Waals surface area contributed by atoms with E-state index in [1.165, 1.54) is 0 Å². The highest BCUT2D eigenvalue weighted by atomic mass is 16.3. The lowest BCUT2D eigenvalue weighted by atomic mass is 10.0. The first-order valence-corrected chi connectivity index (χ1v) is 5.57. The molecule has 0 aromatic heterocycles. The Morgan fingerprint density at radius 1 is 1.44 bits per heavy atom. The first-order chi connectivity index (χ1) is 7.65. The summed E-state index contributed by atoms with van der Waals surface area (Å²) in [5, 5.41) is 13.1. The minimum absolute atomic E-state index is 0.151. The highest BCUT2D eigenvalue weighted by Gasteiger charge is 2.09. The van der Waals surface area contributed by atoms with Gasteiger partial charge in [0.1, 0.15) is 5.75 Å². The number of aromatic hydroxyl groups is 1. The van der Waals surface area contributed by atoms with Crippen LogP contribution in [0, 0.1) is 18.8 Å². The summed E-state index contributed by atoms with van der Waals surface area (Å²) in [5.41, 5.74) is 2.11. The summed E-state index contributed by atoms with van der Waals surface area (Å²) in [6, 6.07) is 5.82. The van der Waals surface area contributed by atoms with Gasteiger partial charge in [-0.05, 0) is 26.8 Å². The lowest BCUT2D eigenvalue weighted by molar-refractivity contribution is 0.453. The van der Waals surface area contributed by atoms with Crippen molar-refractivity contribution in [2.24, 2.45) is 0 Å². The zero-order valence-corrected chi connectivity index (χ0v) is 10.2. The van der Waals surface area contributed by atoms with Crippen molar-refractivity contribution in [3.05, 3.63) is 29.3 Å². The Balaban J connectivity index is 2.60. The van der Waals surface area contributed by atoms with Gasteiger partial charge in [-0.25, -0.2) is 0 Å². The van der Waals surface area contributed by atoms with Gasteiger partial charge in [0, 0.05) is 24.6 Å². The maximum atomic E-state index is 9.74. The Bertz CT molecular complexity index is 401. The minimum Gasteiger partial charge on any atom is -0.508 e. The van der Waals surface area contributed by atoms with Gasteiger partial charge in [0.25, 0.3) is 0 Å². The van der Waals surface area contributed by atoms with Crippen molar-refractivity contribution < 1.29 is 5.11 Å². The predicted molar refractivity (Wildman–Crippen MR) is 67.3 cm³/mol. The van der Waals surface area contributed by atoms with E-state index in [1.807, 2.05) is 32.9 Å². The summed E-state index contributed by atoms with van der Waals surface area (Å²) >= 11 is 0. The quantitative estimate of drug-likeness (QED) is 0.600. The molecule has 0 saturated carbocycles. The lowest BCUT2D eigenvalue weighted by Gasteiger charge is -2.15. The number of phenols is 1. The summed E-state index contributed by atoms with van der Waals surface area (Å²) in [5.74, 6) is 6.22. The fourth-order valence-corrected chi connectivity index (χ4v) is 1.61. The monoisotopic (exact) mass is 217 g/mol. The van der Waals surface area contributed by atoms with E-state index in [-0.39, 0.29) is 6.04 Å². The zero-order valence-electron chi connectivity index (χ0n) is 10.2. The number of benzene rings is 1. The van der Waals surface area contributed by atoms with Crippen LogP contribution in [0.5, 0.6) is 5.75 Å². The van der Waals surface area contributed by atoms with E-state index in [4.69, 9.17) is 0 Å². The molecule has 2 N–H and O–H groups in total. The topological polar surface area (TPSA) is 32.3 Å². The molecule has 0 aliphatic rings. The molecule has 0 fully saturated rings. The van der Waals surface area contributed by atoms with Crippen molar-refractivity contribution in [2.75, 3.05) is 6.54 Å². The minimum atomic E-state index is 0.151. The van der Waals surface area contributed by atoms with Crippen LogP contribution in [0.1, 0.15) is 37.4 Å². The molecule has 0 bridgehead atoms. The van der Waals surface area contributed by atoms with Gasteiger partial charge in [0.15, 0.2) is 0 Å². The molecule has 0 heterocycles. The van der Waals surface area contributed by atoms with E-state index in [0.29, 0.717) is 5.75 Å². The SMILES string of the molecule is CC#CCCNC(C)c1cc(C)ccc1O. The normalized spacial score (nSPS) is 11.7. The molecule has 0 radical (unpaired) electrons. The van der Waals surface area contributed by atoms with Crippen LogP contribution in [0.4, 0.5) is 0 Å². The number of phenolic OH excluding ortho intramolecular Hbond substituents is 1. The number of hydrogen-bond acceptors (Lipinski definition) is 2. The van der Waals surface area contributed by atoms with E-state index < -0.39 is 0 Å². The number of aryl methyl sites for hydroxylation is 1. The molecule has 1 aromatic carbocycles. The fourth-order valence-electron chi connectivity index (χ4n) is 1.61. The van der Waals surface area contributed by atoms with E-state index in [2.05, 4.69) is 17.2 Å². The molecule has 0 spiro atoms. The molecular formula is C14H19NO. The average Bonchev–Trinajstić information content (AvgIpc) is 2.27. The molecule has 1 aromatic rings. The summed E-state index contributed by atoms with van der Waals surface area (Å²) < 4.78 is 0. The van der Waals surface area contributed by atoms with E-state index in [1.54, 1.807) is 6.07 Å². The van der Waals surface area contributed by atoms with Crippen LogP contribution in [0.15, 0.2) is 18.2 Å². The van der Waals surface area contributed by atoms with Crippen LogP contribution in [-0.4, -0.2) is 11.7 Å². The van der Waals surface area contributed by atoms with E-state index in [0.717, 1.165) is 24.1 Å². The molecule has 16 heavy (non-hydrogen) atoms. The van der Waals surface area contributed by atoms with Crippen LogP contribution in [0.2, 0.25) is 0 Å². The molecule has 86 valence electrons. The fraction of sp³-hybridized carbons (Fsp3) is 0.429. The Morgan fingerprint density at radius 2 is 2.19 bits per heavy atom. The summed E-state index contributed by atoms with van der Waals surface area (Å²) in [6.45, 7) is 6.76. The Kier molecular flexibility index (Phi) is 4.88. The van der Waals surface area contributed by atoms with Gasteiger partial charge < -0.3 is 10.4 Å². The number of rotatable bonds is 4. The van der Waals surface area contributed by atoms with Gasteiger partial charge in [0.05, 0.1) is 0 Å². The van der Waals surface area contributed by atoms with Crippen molar-refractivity contribution in [1.29, 1.82) is 0 Å². The van der Waals surface area contributed by atoms with E-state index in [9.17, 15) is 5.11 Å². The van der Waals surface area contributed by atoms with Gasteiger partial charge in [0.2, 0.25) is 0 Å². The second-order valence-electron chi connectivity index (χ2n) is 3.91.